The fraction of sp³-hybridized carbons (Fsp3) is 0.565. The van der Waals surface area contributed by atoms with Crippen molar-refractivity contribution >= 4 is 11.7 Å². The Kier molecular flexibility index (Phi) is 6.39. The minimum absolute atomic E-state index is 0.0173. The highest BCUT2D eigenvalue weighted by Crippen LogP contribution is 2.23. The maximum absolute atomic E-state index is 13.4. The first kappa shape index (κ1) is 20.9. The van der Waals surface area contributed by atoms with Crippen LogP contribution in [0.1, 0.15) is 42.8 Å². The Labute approximate surface area is 178 Å². The lowest BCUT2D eigenvalue weighted by molar-refractivity contribution is -0.00546. The molecule has 0 spiro atoms. The first-order valence-electron chi connectivity index (χ1n) is 10.9. The summed E-state index contributed by atoms with van der Waals surface area (Å²) in [5, 5.41) is 0. The summed E-state index contributed by atoms with van der Waals surface area (Å²) in [6, 6.07) is 7.86. The number of piperidine rings is 1. The number of morpholine rings is 1. The third-order valence-electron chi connectivity index (χ3n) is 6.03. The Morgan fingerprint density at radius 3 is 2.50 bits per heavy atom. The molecule has 162 valence electrons. The summed E-state index contributed by atoms with van der Waals surface area (Å²) in [5.74, 6) is 1.72. The normalized spacial score (nSPS) is 23.5. The average molecular weight is 413 g/mol. The number of carbonyl (C=O) groups excluding carboxylic acids is 1. The van der Waals surface area contributed by atoms with Crippen molar-refractivity contribution in [3.8, 4) is 0 Å². The summed E-state index contributed by atoms with van der Waals surface area (Å²) in [7, 11) is 2.13. The second-order valence-electron chi connectivity index (χ2n) is 8.61. The van der Waals surface area contributed by atoms with Crippen LogP contribution in [0.4, 0.5) is 5.82 Å². The van der Waals surface area contributed by atoms with E-state index in [1.54, 1.807) is 12.5 Å². The molecule has 4 rings (SSSR count). The van der Waals surface area contributed by atoms with E-state index in [2.05, 4.69) is 35.7 Å². The predicted octanol–water partition coefficient (Wildman–Crippen LogP) is 3.02. The first-order valence-corrected chi connectivity index (χ1v) is 10.9. The SMILES string of the molecule is CC1CN(c2ccc(C(=O)N(Cc3ccco3)C3CCN(C)CC3)cn2)CC(C)O1. The van der Waals surface area contributed by atoms with Gasteiger partial charge in [-0.15, -0.1) is 0 Å². The van der Waals surface area contributed by atoms with Crippen LogP contribution in [0.5, 0.6) is 0 Å². The molecule has 7 heteroatoms. The molecule has 2 saturated heterocycles. The second kappa shape index (κ2) is 9.18. The molecule has 0 bridgehead atoms. The van der Waals surface area contributed by atoms with E-state index in [-0.39, 0.29) is 24.2 Å². The van der Waals surface area contributed by atoms with Gasteiger partial charge in [-0.25, -0.2) is 4.98 Å². The zero-order chi connectivity index (χ0) is 21.1. The van der Waals surface area contributed by atoms with Gasteiger partial charge in [0, 0.05) is 25.3 Å². The van der Waals surface area contributed by atoms with Crippen LogP contribution in [-0.2, 0) is 11.3 Å². The van der Waals surface area contributed by atoms with Crippen LogP contribution in [0.25, 0.3) is 0 Å². The van der Waals surface area contributed by atoms with Crippen molar-refractivity contribution in [3.63, 3.8) is 0 Å². The number of hydrogen-bond acceptors (Lipinski definition) is 6. The molecule has 2 aliphatic rings. The van der Waals surface area contributed by atoms with Gasteiger partial charge in [-0.05, 0) is 71.1 Å². The van der Waals surface area contributed by atoms with E-state index in [1.165, 1.54) is 0 Å². The van der Waals surface area contributed by atoms with E-state index in [1.807, 2.05) is 29.2 Å². The third-order valence-corrected chi connectivity index (χ3v) is 6.03. The number of likely N-dealkylation sites (tertiary alicyclic amines) is 1. The number of amides is 1. The molecular formula is C23H32N4O3. The number of rotatable bonds is 5. The smallest absolute Gasteiger partial charge is 0.256 e. The lowest BCUT2D eigenvalue weighted by atomic mass is 10.0. The molecule has 2 unspecified atom stereocenters. The van der Waals surface area contributed by atoms with E-state index in [9.17, 15) is 4.79 Å². The van der Waals surface area contributed by atoms with Crippen LogP contribution >= 0.6 is 0 Å². The predicted molar refractivity (Wildman–Crippen MR) is 116 cm³/mol. The van der Waals surface area contributed by atoms with Gasteiger partial charge < -0.3 is 23.9 Å². The van der Waals surface area contributed by atoms with Crippen LogP contribution < -0.4 is 4.90 Å². The van der Waals surface area contributed by atoms with Gasteiger partial charge in [0.1, 0.15) is 11.6 Å². The number of carbonyl (C=O) groups is 1. The van der Waals surface area contributed by atoms with Crippen LogP contribution in [0.15, 0.2) is 41.1 Å². The molecule has 7 nitrogen and oxygen atoms in total. The van der Waals surface area contributed by atoms with Crippen LogP contribution in [-0.4, -0.2) is 72.2 Å². The molecule has 1 amide bonds. The van der Waals surface area contributed by atoms with Gasteiger partial charge in [-0.3, -0.25) is 4.79 Å². The number of aromatic nitrogens is 1. The van der Waals surface area contributed by atoms with Gasteiger partial charge in [0.25, 0.3) is 5.91 Å². The van der Waals surface area contributed by atoms with Crippen molar-refractivity contribution < 1.29 is 13.9 Å². The summed E-state index contributed by atoms with van der Waals surface area (Å²) >= 11 is 0. The number of furan rings is 1. The topological polar surface area (TPSA) is 62.1 Å². The Balaban J connectivity index is 1.50. The Morgan fingerprint density at radius 1 is 1.17 bits per heavy atom. The minimum atomic E-state index is 0.0173. The number of hydrogen-bond donors (Lipinski definition) is 0. The van der Waals surface area contributed by atoms with Crippen molar-refractivity contribution in [2.75, 3.05) is 38.1 Å². The lowest BCUT2D eigenvalue weighted by Gasteiger charge is -2.37. The van der Waals surface area contributed by atoms with Gasteiger partial charge in [-0.1, -0.05) is 0 Å². The Hall–Kier alpha value is -2.38. The van der Waals surface area contributed by atoms with Gasteiger partial charge in [0.2, 0.25) is 0 Å². The van der Waals surface area contributed by atoms with Crippen molar-refractivity contribution in [3.05, 3.63) is 48.0 Å². The molecular weight excluding hydrogens is 380 g/mol. The fourth-order valence-corrected chi connectivity index (χ4v) is 4.47. The highest BCUT2D eigenvalue weighted by molar-refractivity contribution is 5.94. The zero-order valence-corrected chi connectivity index (χ0v) is 18.2. The van der Waals surface area contributed by atoms with Crippen molar-refractivity contribution in [2.45, 2.75) is 51.5 Å². The van der Waals surface area contributed by atoms with Crippen molar-refractivity contribution in [1.82, 2.24) is 14.8 Å². The minimum Gasteiger partial charge on any atom is -0.467 e. The van der Waals surface area contributed by atoms with Gasteiger partial charge in [0.05, 0.1) is 30.6 Å². The summed E-state index contributed by atoms with van der Waals surface area (Å²) in [4.78, 5) is 24.6. The van der Waals surface area contributed by atoms with Gasteiger partial charge in [0.15, 0.2) is 0 Å². The molecule has 2 aromatic rings. The standard InChI is InChI=1S/C23H32N4O3/c1-17-14-26(15-18(2)30-17)22-7-6-19(13-24-22)23(28)27(16-21-5-4-12-29-21)20-8-10-25(3)11-9-20/h4-7,12-13,17-18,20H,8-11,14-16H2,1-3H3. The number of ether oxygens (including phenoxy) is 1. The summed E-state index contributed by atoms with van der Waals surface area (Å²) in [6.45, 7) is 8.26. The van der Waals surface area contributed by atoms with E-state index >= 15 is 0 Å². The molecule has 0 aliphatic carbocycles. The zero-order valence-electron chi connectivity index (χ0n) is 18.2. The summed E-state index contributed by atoms with van der Waals surface area (Å²) < 4.78 is 11.4. The first-order chi connectivity index (χ1) is 14.5. The van der Waals surface area contributed by atoms with Gasteiger partial charge in [-0.2, -0.15) is 0 Å². The molecule has 2 fully saturated rings. The Bertz CT molecular complexity index is 805. The van der Waals surface area contributed by atoms with Crippen LogP contribution in [0.2, 0.25) is 0 Å². The fourth-order valence-electron chi connectivity index (χ4n) is 4.47. The third kappa shape index (κ3) is 4.84. The average Bonchev–Trinajstić information content (AvgIpc) is 3.25. The van der Waals surface area contributed by atoms with Crippen molar-refractivity contribution in [1.29, 1.82) is 0 Å². The van der Waals surface area contributed by atoms with Crippen molar-refractivity contribution in [2.24, 2.45) is 0 Å². The monoisotopic (exact) mass is 412 g/mol. The molecule has 2 aliphatic heterocycles. The summed E-state index contributed by atoms with van der Waals surface area (Å²) in [5.41, 5.74) is 0.624. The second-order valence-corrected chi connectivity index (χ2v) is 8.61. The van der Waals surface area contributed by atoms with Crippen LogP contribution in [0, 0.1) is 0 Å². The largest absolute Gasteiger partial charge is 0.467 e. The molecule has 2 atom stereocenters. The molecule has 30 heavy (non-hydrogen) atoms. The van der Waals surface area contributed by atoms with E-state index in [0.29, 0.717) is 12.1 Å². The van der Waals surface area contributed by atoms with E-state index in [4.69, 9.17) is 9.15 Å². The number of nitrogens with zero attached hydrogens (tertiary/aromatic N) is 4. The molecule has 0 radical (unpaired) electrons. The van der Waals surface area contributed by atoms with E-state index < -0.39 is 0 Å². The maximum atomic E-state index is 13.4. The molecule has 0 saturated carbocycles. The van der Waals surface area contributed by atoms with Gasteiger partial charge >= 0.3 is 0 Å². The highest BCUT2D eigenvalue weighted by Gasteiger charge is 2.29. The highest BCUT2D eigenvalue weighted by atomic mass is 16.5. The number of pyridine rings is 1. The maximum Gasteiger partial charge on any atom is 0.256 e. The number of anilines is 1. The molecule has 4 heterocycles. The molecule has 2 aromatic heterocycles. The quantitative estimate of drug-likeness (QED) is 0.752. The van der Waals surface area contributed by atoms with E-state index in [0.717, 1.165) is 50.6 Å². The lowest BCUT2D eigenvalue weighted by Crippen LogP contribution is -2.46. The molecule has 0 aromatic carbocycles. The molecule has 0 N–H and O–H groups in total. The summed E-state index contributed by atoms with van der Waals surface area (Å²) in [6.07, 6.45) is 5.66. The van der Waals surface area contributed by atoms with Crippen LogP contribution in [0.3, 0.4) is 0 Å². The Morgan fingerprint density at radius 2 is 1.90 bits per heavy atom.